The van der Waals surface area contributed by atoms with Gasteiger partial charge in [0.25, 0.3) is 0 Å². The van der Waals surface area contributed by atoms with E-state index in [0.717, 1.165) is 74.1 Å². The van der Waals surface area contributed by atoms with E-state index >= 15 is 0 Å². The van der Waals surface area contributed by atoms with Crippen molar-refractivity contribution in [2.24, 2.45) is 29.6 Å². The number of amides is 3. The predicted molar refractivity (Wildman–Crippen MR) is 352 cm³/mol. The first-order chi connectivity index (χ1) is 35.8. The Bertz CT molecular complexity index is 1300. The SMILES string of the molecule is C.C=C(C)OC.CC(=O)N(C)C.CC(=O)N(C)C.CC(C)C.CC(C)C.CC(C)C.CC(C)C.CC(C)C.CCCCOC(=O)N1CCCC1.CN(C)C.c1ccccc1.c1ccccc1.c1ccccc1.c1ccccc1. The van der Waals surface area contributed by atoms with Crippen LogP contribution >= 0.6 is 0 Å². The van der Waals surface area contributed by atoms with Gasteiger partial charge in [0.1, 0.15) is 0 Å². The summed E-state index contributed by atoms with van der Waals surface area (Å²) in [6.45, 7) is 45.2. The monoisotopic (exact) mass is 1100 g/mol. The van der Waals surface area contributed by atoms with Gasteiger partial charge in [0.05, 0.1) is 19.5 Å². The molecular formula is C69H130N4O5. The van der Waals surface area contributed by atoms with Gasteiger partial charge >= 0.3 is 6.09 Å². The second kappa shape index (κ2) is 80.4. The topological polar surface area (TPSA) is 82.6 Å². The third kappa shape index (κ3) is 172. The molecule has 9 heteroatoms. The average molecular weight is 1100 g/mol. The molecule has 0 unspecified atom stereocenters. The normalized spacial score (nSPS) is 9.42. The zero-order valence-corrected chi connectivity index (χ0v) is 55.2. The van der Waals surface area contributed by atoms with Crippen LogP contribution in [-0.2, 0) is 19.1 Å². The highest BCUT2D eigenvalue weighted by atomic mass is 16.6. The molecule has 456 valence electrons. The van der Waals surface area contributed by atoms with Gasteiger partial charge in [-0.15, -0.1) is 0 Å². The molecule has 0 saturated carbocycles. The van der Waals surface area contributed by atoms with Crippen molar-refractivity contribution in [2.45, 2.75) is 165 Å². The Labute approximate surface area is 487 Å². The van der Waals surface area contributed by atoms with Crippen LogP contribution in [0.4, 0.5) is 4.79 Å². The van der Waals surface area contributed by atoms with Crippen LogP contribution in [0, 0.1) is 29.6 Å². The van der Waals surface area contributed by atoms with E-state index in [9.17, 15) is 14.4 Å². The Morgan fingerprint density at radius 1 is 0.436 bits per heavy atom. The number of allylic oxidation sites excluding steroid dienone is 1. The standard InChI is InChI=1S/C9H17NO2.4C6H6.2C4H9NO.C4H8O.5C4H10.C3H9N.CH4/c1-2-3-8-12-9(11)10-6-4-5-7-10;4*1-2-4-6-5-3-1;2*1-4(6)5(2)3;1-4(2)5-3;6*1-4(2)3;/h2-8H2,1H3;4*1-6H;2*1-3H3;1H2,2-3H3;5*4H,1-3H3;1-3H3;1H4. The van der Waals surface area contributed by atoms with Crippen molar-refractivity contribution in [3.8, 4) is 0 Å². The molecule has 3 amide bonds. The molecule has 0 spiro atoms. The number of rotatable bonds is 4. The maximum absolute atomic E-state index is 11.2. The average Bonchev–Trinajstić information content (AvgIpc) is 3.90. The summed E-state index contributed by atoms with van der Waals surface area (Å²) in [5.74, 6) is 5.11. The molecule has 1 heterocycles. The van der Waals surface area contributed by atoms with Gasteiger partial charge in [-0.2, -0.15) is 0 Å². The molecule has 4 aromatic carbocycles. The summed E-state index contributed by atoms with van der Waals surface area (Å²) in [4.78, 5) is 38.2. The smallest absolute Gasteiger partial charge is 0.409 e. The molecule has 0 aromatic heterocycles. The van der Waals surface area contributed by atoms with E-state index in [4.69, 9.17) is 4.74 Å². The lowest BCUT2D eigenvalue weighted by Crippen LogP contribution is -2.28. The Balaban J connectivity index is -0.0000000809. The Hall–Kier alpha value is -5.41. The lowest BCUT2D eigenvalue weighted by atomic mass is 10.3. The van der Waals surface area contributed by atoms with E-state index in [1.807, 2.05) is 172 Å². The molecular weight excluding hydrogens is 965 g/mol. The Morgan fingerprint density at radius 2 is 0.577 bits per heavy atom. The van der Waals surface area contributed by atoms with Crippen LogP contribution in [0.15, 0.2) is 158 Å². The minimum Gasteiger partial charge on any atom is -0.502 e. The predicted octanol–water partition coefficient (Wildman–Crippen LogP) is 19.2. The van der Waals surface area contributed by atoms with Crippen molar-refractivity contribution in [1.29, 1.82) is 0 Å². The molecule has 0 bridgehead atoms. The molecule has 0 aliphatic carbocycles. The molecule has 5 rings (SSSR count). The zero-order valence-electron chi connectivity index (χ0n) is 55.2. The van der Waals surface area contributed by atoms with E-state index in [2.05, 4.69) is 122 Å². The first-order valence-corrected chi connectivity index (χ1v) is 27.9. The number of hydrogen-bond donors (Lipinski definition) is 0. The molecule has 0 N–H and O–H groups in total. The number of carbonyl (C=O) groups is 3. The summed E-state index contributed by atoms with van der Waals surface area (Å²) in [6.07, 6.45) is 4.18. The summed E-state index contributed by atoms with van der Waals surface area (Å²) in [5, 5.41) is 0. The number of ether oxygens (including phenoxy) is 2. The van der Waals surface area contributed by atoms with E-state index in [0.29, 0.717) is 6.61 Å². The van der Waals surface area contributed by atoms with E-state index in [1.54, 1.807) is 47.1 Å². The second-order valence-electron chi connectivity index (χ2n) is 21.5. The van der Waals surface area contributed by atoms with Crippen LogP contribution in [0.3, 0.4) is 0 Å². The summed E-state index contributed by atoms with van der Waals surface area (Å²) >= 11 is 0. The fourth-order valence-corrected chi connectivity index (χ4v) is 2.83. The van der Waals surface area contributed by atoms with Crippen molar-refractivity contribution in [3.05, 3.63) is 158 Å². The van der Waals surface area contributed by atoms with Gasteiger partial charge in [0.2, 0.25) is 11.8 Å². The summed E-state index contributed by atoms with van der Waals surface area (Å²) in [7, 11) is 14.5. The first kappa shape index (κ1) is 95.0. The Morgan fingerprint density at radius 3 is 0.679 bits per heavy atom. The van der Waals surface area contributed by atoms with Crippen molar-refractivity contribution >= 4 is 17.9 Å². The van der Waals surface area contributed by atoms with Crippen LogP contribution in [0.2, 0.25) is 0 Å². The fraction of sp³-hybridized carbons (Fsp3) is 0.580. The van der Waals surface area contributed by atoms with Gasteiger partial charge in [-0.1, -0.05) is 277 Å². The molecule has 0 radical (unpaired) electrons. The number of methoxy groups -OCH3 is 1. The highest BCUT2D eigenvalue weighted by molar-refractivity contribution is 5.72. The number of hydrogen-bond acceptors (Lipinski definition) is 6. The van der Waals surface area contributed by atoms with Crippen molar-refractivity contribution in [2.75, 3.05) is 76.1 Å². The maximum Gasteiger partial charge on any atom is 0.409 e. The van der Waals surface area contributed by atoms with Gasteiger partial charge in [0, 0.05) is 55.1 Å². The molecule has 1 saturated heterocycles. The second-order valence-corrected chi connectivity index (χ2v) is 21.5. The van der Waals surface area contributed by atoms with Crippen LogP contribution in [-0.4, -0.2) is 114 Å². The van der Waals surface area contributed by atoms with E-state index in [-0.39, 0.29) is 25.3 Å². The third-order valence-electron chi connectivity index (χ3n) is 6.36. The van der Waals surface area contributed by atoms with E-state index in [1.165, 1.54) is 23.6 Å². The minimum atomic E-state index is -0.124. The summed E-state index contributed by atoms with van der Waals surface area (Å²) in [5.41, 5.74) is 0. The number of carbonyl (C=O) groups excluding carboxylic acids is 3. The van der Waals surface area contributed by atoms with Gasteiger partial charge in [0.15, 0.2) is 0 Å². The highest BCUT2D eigenvalue weighted by Crippen LogP contribution is 2.08. The van der Waals surface area contributed by atoms with Crippen molar-refractivity contribution in [1.82, 2.24) is 19.6 Å². The largest absolute Gasteiger partial charge is 0.502 e. The Kier molecular flexibility index (Phi) is 97.9. The molecule has 1 aliphatic rings. The summed E-state index contributed by atoms with van der Waals surface area (Å²) < 4.78 is 9.61. The maximum atomic E-state index is 11.2. The number of unbranched alkanes of at least 4 members (excludes halogenated alkanes) is 1. The third-order valence-corrected chi connectivity index (χ3v) is 6.36. The quantitative estimate of drug-likeness (QED) is 0.150. The van der Waals surface area contributed by atoms with Gasteiger partial charge in [-0.05, 0) is 76.9 Å². The number of likely N-dealkylation sites (tertiary alicyclic amines) is 1. The van der Waals surface area contributed by atoms with Crippen LogP contribution in [0.25, 0.3) is 0 Å². The summed E-state index contributed by atoms with van der Waals surface area (Å²) in [6, 6.07) is 48.0. The van der Waals surface area contributed by atoms with Crippen molar-refractivity contribution < 1.29 is 23.9 Å². The molecule has 9 nitrogen and oxygen atoms in total. The lowest BCUT2D eigenvalue weighted by Gasteiger charge is -2.14. The van der Waals surface area contributed by atoms with Crippen molar-refractivity contribution in [3.63, 3.8) is 0 Å². The number of benzene rings is 4. The van der Waals surface area contributed by atoms with Gasteiger partial charge in [-0.25, -0.2) is 4.79 Å². The minimum absolute atomic E-state index is 0. The molecule has 0 atom stereocenters. The van der Waals surface area contributed by atoms with Crippen LogP contribution in [0.5, 0.6) is 0 Å². The molecule has 4 aromatic rings. The van der Waals surface area contributed by atoms with Gasteiger partial charge in [-0.3, -0.25) is 9.59 Å². The van der Waals surface area contributed by atoms with Gasteiger partial charge < -0.3 is 29.1 Å². The van der Waals surface area contributed by atoms with E-state index < -0.39 is 0 Å². The first-order valence-electron chi connectivity index (χ1n) is 27.9. The molecule has 1 aliphatic heterocycles. The zero-order chi connectivity index (χ0) is 61.8. The highest BCUT2D eigenvalue weighted by Gasteiger charge is 2.18. The number of nitrogens with zero attached hydrogens (tertiary/aromatic N) is 4. The molecule has 1 fully saturated rings. The lowest BCUT2D eigenvalue weighted by molar-refractivity contribution is -0.127. The van der Waals surface area contributed by atoms with Crippen LogP contribution in [0.1, 0.15) is 165 Å². The fourth-order valence-electron chi connectivity index (χ4n) is 2.83. The molecule has 78 heavy (non-hydrogen) atoms. The van der Waals surface area contributed by atoms with Crippen LogP contribution < -0.4 is 0 Å².